The number of hydrogen-bond acceptors (Lipinski definition) is 5. The molecule has 0 bridgehead atoms. The highest BCUT2D eigenvalue weighted by Crippen LogP contribution is 2.41. The number of halogens is 3. The maximum atomic E-state index is 13.3. The molecule has 1 saturated heterocycles. The lowest BCUT2D eigenvalue weighted by Gasteiger charge is -2.25. The summed E-state index contributed by atoms with van der Waals surface area (Å²) in [6, 6.07) is 4.98. The Hall–Kier alpha value is -1.93. The fourth-order valence-corrected chi connectivity index (χ4v) is 3.44. The first kappa shape index (κ1) is 16.5. The Labute approximate surface area is 142 Å². The van der Waals surface area contributed by atoms with E-state index in [2.05, 4.69) is 10.1 Å². The minimum Gasteiger partial charge on any atom is -0.392 e. The average molecular weight is 353 g/mol. The Kier molecular flexibility index (Phi) is 4.04. The summed E-state index contributed by atoms with van der Waals surface area (Å²) in [5.41, 5.74) is -0.489. The zero-order chi connectivity index (χ0) is 17.6. The molecule has 134 valence electrons. The largest absolute Gasteiger partial charge is 0.416 e. The summed E-state index contributed by atoms with van der Waals surface area (Å²) in [5, 5.41) is 14.0. The molecular weight excluding hydrogens is 335 g/mol. The summed E-state index contributed by atoms with van der Waals surface area (Å²) in [4.78, 5) is 6.11. The van der Waals surface area contributed by atoms with Crippen molar-refractivity contribution in [3.8, 4) is 0 Å². The number of hydrogen-bond donors (Lipinski definition) is 1. The van der Waals surface area contributed by atoms with Gasteiger partial charge in [-0.25, -0.2) is 0 Å². The van der Waals surface area contributed by atoms with Gasteiger partial charge in [-0.1, -0.05) is 23.4 Å². The van der Waals surface area contributed by atoms with Gasteiger partial charge in [0.1, 0.15) is 0 Å². The number of rotatable bonds is 4. The van der Waals surface area contributed by atoms with Crippen LogP contribution in [0, 0.1) is 0 Å². The van der Waals surface area contributed by atoms with Crippen molar-refractivity contribution in [2.75, 3.05) is 6.54 Å². The van der Waals surface area contributed by atoms with E-state index in [1.54, 1.807) is 11.0 Å². The Bertz CT molecular complexity index is 758. The van der Waals surface area contributed by atoms with Gasteiger partial charge in [-0.2, -0.15) is 18.2 Å². The van der Waals surface area contributed by atoms with Crippen LogP contribution >= 0.6 is 0 Å². The predicted molar refractivity (Wildman–Crippen MR) is 81.5 cm³/mol. The molecule has 0 amide bonds. The standard InChI is InChI=1S/C17H18F3N3O2/c18-17(19,20)13-4-2-1-3-12(13)14-7-11(24)8-23(14)9-15-21-16(22-25-15)10-5-6-10/h1-4,10-11,14,24H,5-9H2/t11-,14-/m1/s1. The van der Waals surface area contributed by atoms with Crippen molar-refractivity contribution < 1.29 is 22.8 Å². The molecule has 8 heteroatoms. The van der Waals surface area contributed by atoms with Crippen LogP contribution in [0.1, 0.15) is 54.1 Å². The highest BCUT2D eigenvalue weighted by Gasteiger charge is 2.40. The Morgan fingerprint density at radius 2 is 2.00 bits per heavy atom. The van der Waals surface area contributed by atoms with E-state index in [1.807, 2.05) is 0 Å². The first-order valence-corrected chi connectivity index (χ1v) is 8.32. The molecule has 2 fully saturated rings. The number of likely N-dealkylation sites (tertiary alicyclic amines) is 1. The lowest BCUT2D eigenvalue weighted by atomic mass is 9.97. The van der Waals surface area contributed by atoms with Crippen molar-refractivity contribution in [3.63, 3.8) is 0 Å². The second kappa shape index (κ2) is 6.10. The number of benzene rings is 1. The van der Waals surface area contributed by atoms with Crippen molar-refractivity contribution in [3.05, 3.63) is 47.1 Å². The molecule has 2 aliphatic rings. The molecule has 1 aromatic heterocycles. The lowest BCUT2D eigenvalue weighted by molar-refractivity contribution is -0.138. The van der Waals surface area contributed by atoms with E-state index in [0.29, 0.717) is 17.6 Å². The maximum absolute atomic E-state index is 13.3. The van der Waals surface area contributed by atoms with Gasteiger partial charge in [-0.05, 0) is 30.9 Å². The molecule has 25 heavy (non-hydrogen) atoms. The zero-order valence-electron chi connectivity index (χ0n) is 13.4. The summed E-state index contributed by atoms with van der Waals surface area (Å²) in [7, 11) is 0. The molecule has 0 radical (unpaired) electrons. The van der Waals surface area contributed by atoms with E-state index >= 15 is 0 Å². The summed E-state index contributed by atoms with van der Waals surface area (Å²) >= 11 is 0. The Morgan fingerprint density at radius 3 is 2.72 bits per heavy atom. The number of nitrogens with zero attached hydrogens (tertiary/aromatic N) is 3. The normalized spacial score (nSPS) is 24.8. The molecule has 4 rings (SSSR count). The molecule has 0 unspecified atom stereocenters. The fourth-order valence-electron chi connectivity index (χ4n) is 3.44. The number of aromatic nitrogens is 2. The molecule has 2 atom stereocenters. The number of aliphatic hydroxyl groups excluding tert-OH is 1. The van der Waals surface area contributed by atoms with Gasteiger partial charge >= 0.3 is 6.18 Å². The summed E-state index contributed by atoms with van der Waals surface area (Å²) in [6.07, 6.45) is -2.78. The van der Waals surface area contributed by atoms with Crippen LogP contribution in [-0.4, -0.2) is 32.8 Å². The van der Waals surface area contributed by atoms with Gasteiger partial charge in [0.05, 0.1) is 18.2 Å². The van der Waals surface area contributed by atoms with Crippen molar-refractivity contribution in [1.82, 2.24) is 15.0 Å². The van der Waals surface area contributed by atoms with Crippen molar-refractivity contribution >= 4 is 0 Å². The summed E-state index contributed by atoms with van der Waals surface area (Å²) in [5.74, 6) is 1.40. The summed E-state index contributed by atoms with van der Waals surface area (Å²) in [6.45, 7) is 0.506. The van der Waals surface area contributed by atoms with Crippen molar-refractivity contribution in [2.45, 2.75) is 50.0 Å². The van der Waals surface area contributed by atoms with Crippen LogP contribution < -0.4 is 0 Å². The van der Waals surface area contributed by atoms with Gasteiger partial charge in [0.15, 0.2) is 5.82 Å². The lowest BCUT2D eigenvalue weighted by Crippen LogP contribution is -2.26. The smallest absolute Gasteiger partial charge is 0.392 e. The third kappa shape index (κ3) is 3.41. The Balaban J connectivity index is 1.59. The van der Waals surface area contributed by atoms with E-state index in [4.69, 9.17) is 4.52 Å². The van der Waals surface area contributed by atoms with Gasteiger partial charge in [-0.15, -0.1) is 0 Å². The Morgan fingerprint density at radius 1 is 1.24 bits per heavy atom. The van der Waals surface area contributed by atoms with E-state index in [0.717, 1.165) is 18.9 Å². The van der Waals surface area contributed by atoms with E-state index in [1.165, 1.54) is 12.1 Å². The topological polar surface area (TPSA) is 62.4 Å². The average Bonchev–Trinajstić information content (AvgIpc) is 3.20. The third-order valence-electron chi connectivity index (χ3n) is 4.77. The number of alkyl halides is 3. The first-order chi connectivity index (χ1) is 11.9. The number of β-amino-alcohol motifs (C(OH)–C–C–N with tert-alkyl or cyclic N) is 1. The molecule has 1 aliphatic carbocycles. The molecular formula is C17H18F3N3O2. The summed E-state index contributed by atoms with van der Waals surface area (Å²) < 4.78 is 45.2. The first-order valence-electron chi connectivity index (χ1n) is 8.32. The van der Waals surface area contributed by atoms with Crippen LogP contribution in [0.15, 0.2) is 28.8 Å². The highest BCUT2D eigenvalue weighted by atomic mass is 19.4. The van der Waals surface area contributed by atoms with Gasteiger partial charge in [0.2, 0.25) is 5.89 Å². The molecule has 2 heterocycles. The van der Waals surface area contributed by atoms with Crippen LogP contribution in [0.4, 0.5) is 13.2 Å². The van der Waals surface area contributed by atoms with Gasteiger partial charge in [-0.3, -0.25) is 4.90 Å². The predicted octanol–water partition coefficient (Wildman–Crippen LogP) is 3.27. The van der Waals surface area contributed by atoms with E-state index in [-0.39, 0.29) is 25.1 Å². The van der Waals surface area contributed by atoms with E-state index in [9.17, 15) is 18.3 Å². The minimum absolute atomic E-state index is 0.175. The molecule has 1 saturated carbocycles. The quantitative estimate of drug-likeness (QED) is 0.914. The second-order valence-electron chi connectivity index (χ2n) is 6.74. The van der Waals surface area contributed by atoms with E-state index < -0.39 is 23.9 Å². The van der Waals surface area contributed by atoms with Crippen LogP contribution in [0.25, 0.3) is 0 Å². The van der Waals surface area contributed by atoms with Gasteiger partial charge < -0.3 is 9.63 Å². The van der Waals surface area contributed by atoms with Crippen molar-refractivity contribution in [1.29, 1.82) is 0 Å². The molecule has 1 aliphatic heterocycles. The van der Waals surface area contributed by atoms with Crippen LogP contribution in [0.2, 0.25) is 0 Å². The van der Waals surface area contributed by atoms with Crippen molar-refractivity contribution in [2.24, 2.45) is 0 Å². The molecule has 1 N–H and O–H groups in total. The fraction of sp³-hybridized carbons (Fsp3) is 0.529. The van der Waals surface area contributed by atoms with Crippen LogP contribution in [0.5, 0.6) is 0 Å². The minimum atomic E-state index is -4.43. The molecule has 1 aromatic carbocycles. The van der Waals surface area contributed by atoms with Gasteiger partial charge in [0, 0.05) is 18.5 Å². The SMILES string of the molecule is O[C@@H]1C[C@H](c2ccccc2C(F)(F)F)N(Cc2nc(C3CC3)no2)C1. The zero-order valence-corrected chi connectivity index (χ0v) is 13.4. The second-order valence-corrected chi connectivity index (χ2v) is 6.74. The number of aliphatic hydroxyl groups is 1. The highest BCUT2D eigenvalue weighted by molar-refractivity contribution is 5.33. The van der Waals surface area contributed by atoms with Crippen LogP contribution in [-0.2, 0) is 12.7 Å². The molecule has 2 aromatic rings. The molecule has 5 nitrogen and oxygen atoms in total. The van der Waals surface area contributed by atoms with Gasteiger partial charge in [0.25, 0.3) is 0 Å². The van der Waals surface area contributed by atoms with Crippen LogP contribution in [0.3, 0.4) is 0 Å². The molecule has 0 spiro atoms. The monoisotopic (exact) mass is 353 g/mol. The maximum Gasteiger partial charge on any atom is 0.416 e. The third-order valence-corrected chi connectivity index (χ3v) is 4.77.